The van der Waals surface area contributed by atoms with Crippen molar-refractivity contribution in [2.24, 2.45) is 23.7 Å². The van der Waals surface area contributed by atoms with E-state index in [1.54, 1.807) is 57.8 Å². The van der Waals surface area contributed by atoms with Crippen LogP contribution in [0, 0.1) is 23.7 Å². The molecule has 0 radical (unpaired) electrons. The summed E-state index contributed by atoms with van der Waals surface area (Å²) >= 11 is 0. The van der Waals surface area contributed by atoms with Crippen LogP contribution < -0.4 is 0 Å². The summed E-state index contributed by atoms with van der Waals surface area (Å²) in [6.07, 6.45) is 28.8. The van der Waals surface area contributed by atoms with Gasteiger partial charge in [0.15, 0.2) is 0 Å². The van der Waals surface area contributed by atoms with Gasteiger partial charge in [-0.2, -0.15) is 0 Å². The summed E-state index contributed by atoms with van der Waals surface area (Å²) in [7, 11) is 0. The standard InChI is InChI=1S/C25H48/c1-3-5-7-8-9-11-13-23-16-20-25(21-17-23)24-18-14-22(15-19-24)12-10-6-4-2/h22-25H,3-21H2,1-2H3. The molecule has 0 unspecified atom stereocenters. The number of unbranched alkanes of at least 4 members (excludes halogenated alkanes) is 7. The number of rotatable bonds is 12. The number of hydrogen-bond acceptors (Lipinski definition) is 0. The van der Waals surface area contributed by atoms with Gasteiger partial charge in [0.25, 0.3) is 0 Å². The first-order valence-electron chi connectivity index (χ1n) is 12.3. The van der Waals surface area contributed by atoms with Gasteiger partial charge in [0.05, 0.1) is 0 Å². The van der Waals surface area contributed by atoms with Gasteiger partial charge in [-0.25, -0.2) is 0 Å². The van der Waals surface area contributed by atoms with Crippen LogP contribution in [0.5, 0.6) is 0 Å². The lowest BCUT2D eigenvalue weighted by atomic mass is 9.68. The Kier molecular flexibility index (Phi) is 11.3. The molecule has 2 aliphatic carbocycles. The lowest BCUT2D eigenvalue weighted by Gasteiger charge is -2.38. The summed E-state index contributed by atoms with van der Waals surface area (Å²) in [4.78, 5) is 0. The van der Waals surface area contributed by atoms with Crippen LogP contribution in [0.3, 0.4) is 0 Å². The first-order chi connectivity index (χ1) is 12.3. The van der Waals surface area contributed by atoms with Crippen molar-refractivity contribution in [2.45, 2.75) is 136 Å². The lowest BCUT2D eigenvalue weighted by Crippen LogP contribution is -2.25. The summed E-state index contributed by atoms with van der Waals surface area (Å²) in [5.41, 5.74) is 0. The molecule has 0 nitrogen and oxygen atoms in total. The maximum atomic E-state index is 2.33. The van der Waals surface area contributed by atoms with Crippen LogP contribution in [-0.4, -0.2) is 0 Å². The van der Waals surface area contributed by atoms with Crippen molar-refractivity contribution in [3.8, 4) is 0 Å². The molecular weight excluding hydrogens is 300 g/mol. The summed E-state index contributed by atoms with van der Waals surface area (Å²) < 4.78 is 0. The third-order valence-corrected chi connectivity index (χ3v) is 7.63. The minimum atomic E-state index is 1.09. The van der Waals surface area contributed by atoms with Gasteiger partial charge >= 0.3 is 0 Å². The van der Waals surface area contributed by atoms with Crippen LogP contribution in [0.2, 0.25) is 0 Å². The normalized spacial score (nSPS) is 30.5. The zero-order valence-electron chi connectivity index (χ0n) is 17.7. The van der Waals surface area contributed by atoms with Crippen LogP contribution in [0.15, 0.2) is 0 Å². The smallest absolute Gasteiger partial charge is 0.0386 e. The molecule has 0 N–H and O–H groups in total. The van der Waals surface area contributed by atoms with E-state index in [4.69, 9.17) is 0 Å². The molecule has 25 heavy (non-hydrogen) atoms. The van der Waals surface area contributed by atoms with Gasteiger partial charge < -0.3 is 0 Å². The molecule has 148 valence electrons. The third kappa shape index (κ3) is 8.49. The summed E-state index contributed by atoms with van der Waals surface area (Å²) in [6, 6.07) is 0. The Bertz CT molecular complexity index is 291. The molecule has 2 fully saturated rings. The van der Waals surface area contributed by atoms with E-state index in [0.29, 0.717) is 0 Å². The van der Waals surface area contributed by atoms with Crippen molar-refractivity contribution >= 4 is 0 Å². The van der Waals surface area contributed by atoms with Crippen LogP contribution >= 0.6 is 0 Å². The Morgan fingerprint density at radius 2 is 0.800 bits per heavy atom. The van der Waals surface area contributed by atoms with Crippen molar-refractivity contribution in [2.75, 3.05) is 0 Å². The fraction of sp³-hybridized carbons (Fsp3) is 1.00. The molecule has 2 saturated carbocycles. The molecule has 0 bridgehead atoms. The molecule has 0 saturated heterocycles. The van der Waals surface area contributed by atoms with E-state index in [1.807, 2.05) is 0 Å². The molecule has 0 aromatic rings. The molecule has 0 atom stereocenters. The molecular formula is C25H48. The lowest BCUT2D eigenvalue weighted by molar-refractivity contribution is 0.139. The highest BCUT2D eigenvalue weighted by atomic mass is 14.4. The Hall–Kier alpha value is 0. The summed E-state index contributed by atoms with van der Waals surface area (Å²) in [6.45, 7) is 4.65. The van der Waals surface area contributed by atoms with Gasteiger partial charge in [-0.05, 0) is 49.4 Å². The average molecular weight is 349 g/mol. The summed E-state index contributed by atoms with van der Waals surface area (Å²) in [5.74, 6) is 4.40. The highest BCUT2D eigenvalue weighted by Crippen LogP contribution is 2.43. The van der Waals surface area contributed by atoms with E-state index in [9.17, 15) is 0 Å². The second-order valence-corrected chi connectivity index (χ2v) is 9.61. The van der Waals surface area contributed by atoms with Crippen LogP contribution in [0.1, 0.15) is 136 Å². The highest BCUT2D eigenvalue weighted by molar-refractivity contribution is 4.82. The molecule has 0 aliphatic heterocycles. The highest BCUT2D eigenvalue weighted by Gasteiger charge is 2.30. The van der Waals surface area contributed by atoms with Gasteiger partial charge in [-0.15, -0.1) is 0 Å². The second kappa shape index (κ2) is 13.2. The third-order valence-electron chi connectivity index (χ3n) is 7.63. The fourth-order valence-corrected chi connectivity index (χ4v) is 5.79. The quantitative estimate of drug-likeness (QED) is 0.309. The maximum Gasteiger partial charge on any atom is -0.0386 e. The van der Waals surface area contributed by atoms with Gasteiger partial charge in [0.2, 0.25) is 0 Å². The zero-order chi connectivity index (χ0) is 17.7. The van der Waals surface area contributed by atoms with E-state index in [2.05, 4.69) is 13.8 Å². The van der Waals surface area contributed by atoms with Crippen molar-refractivity contribution in [1.82, 2.24) is 0 Å². The van der Waals surface area contributed by atoms with Crippen LogP contribution in [-0.2, 0) is 0 Å². The minimum Gasteiger partial charge on any atom is -0.0654 e. The Balaban J connectivity index is 1.51. The number of hydrogen-bond donors (Lipinski definition) is 0. The molecule has 2 rings (SSSR count). The molecule has 0 heteroatoms. The van der Waals surface area contributed by atoms with Crippen LogP contribution in [0.25, 0.3) is 0 Å². The van der Waals surface area contributed by atoms with E-state index in [1.165, 1.54) is 64.2 Å². The van der Waals surface area contributed by atoms with Crippen molar-refractivity contribution in [1.29, 1.82) is 0 Å². The predicted molar refractivity (Wildman–Crippen MR) is 113 cm³/mol. The molecule has 2 aliphatic rings. The van der Waals surface area contributed by atoms with Gasteiger partial charge in [0.1, 0.15) is 0 Å². The van der Waals surface area contributed by atoms with E-state index in [0.717, 1.165) is 23.7 Å². The van der Waals surface area contributed by atoms with Crippen molar-refractivity contribution in [3.63, 3.8) is 0 Å². The SMILES string of the molecule is CCCCCCCCC1CCC(C2CCC(CCCCC)CC2)CC1. The van der Waals surface area contributed by atoms with Crippen molar-refractivity contribution in [3.05, 3.63) is 0 Å². The van der Waals surface area contributed by atoms with Gasteiger partial charge in [-0.3, -0.25) is 0 Å². The Labute approximate surface area is 159 Å². The van der Waals surface area contributed by atoms with Gasteiger partial charge in [-0.1, -0.05) is 110 Å². The van der Waals surface area contributed by atoms with E-state index in [-0.39, 0.29) is 0 Å². The largest absolute Gasteiger partial charge is 0.0654 e. The van der Waals surface area contributed by atoms with Crippen LogP contribution in [0.4, 0.5) is 0 Å². The van der Waals surface area contributed by atoms with Crippen molar-refractivity contribution < 1.29 is 0 Å². The molecule has 0 amide bonds. The van der Waals surface area contributed by atoms with E-state index >= 15 is 0 Å². The summed E-state index contributed by atoms with van der Waals surface area (Å²) in [5, 5.41) is 0. The predicted octanol–water partition coefficient (Wildman–Crippen LogP) is 8.93. The second-order valence-electron chi connectivity index (χ2n) is 9.61. The zero-order valence-corrected chi connectivity index (χ0v) is 17.7. The molecule has 0 heterocycles. The average Bonchev–Trinajstić information content (AvgIpc) is 2.66. The molecule has 0 aromatic carbocycles. The molecule has 0 aromatic heterocycles. The van der Waals surface area contributed by atoms with E-state index < -0.39 is 0 Å². The monoisotopic (exact) mass is 348 g/mol. The Morgan fingerprint density at radius 1 is 0.440 bits per heavy atom. The minimum absolute atomic E-state index is 1.09. The molecule has 0 spiro atoms. The Morgan fingerprint density at radius 3 is 1.28 bits per heavy atom. The first kappa shape index (κ1) is 21.3. The fourth-order valence-electron chi connectivity index (χ4n) is 5.79. The van der Waals surface area contributed by atoms with Gasteiger partial charge in [0, 0.05) is 0 Å². The maximum absolute atomic E-state index is 2.33. The topological polar surface area (TPSA) is 0 Å². The first-order valence-corrected chi connectivity index (χ1v) is 12.3.